The van der Waals surface area contributed by atoms with Gasteiger partial charge in [0.25, 0.3) is 5.91 Å². The number of thiophene rings is 1. The topological polar surface area (TPSA) is 55.4 Å². The highest BCUT2D eigenvalue weighted by Crippen LogP contribution is 2.25. The van der Waals surface area contributed by atoms with Gasteiger partial charge >= 0.3 is 5.97 Å². The molecule has 0 saturated carbocycles. The van der Waals surface area contributed by atoms with Gasteiger partial charge in [0.2, 0.25) is 0 Å². The third-order valence-corrected chi connectivity index (χ3v) is 4.82. The average Bonchev–Trinajstić information content (AvgIpc) is 2.94. The van der Waals surface area contributed by atoms with Crippen molar-refractivity contribution in [3.63, 3.8) is 0 Å². The quantitative estimate of drug-likeness (QED) is 0.792. The molecule has 0 aliphatic heterocycles. The molecular formula is C16H15Cl2NO3S. The van der Waals surface area contributed by atoms with Crippen molar-refractivity contribution in [2.24, 2.45) is 0 Å². The van der Waals surface area contributed by atoms with E-state index < -0.39 is 5.97 Å². The van der Waals surface area contributed by atoms with Crippen LogP contribution in [0.5, 0.6) is 0 Å². The lowest BCUT2D eigenvalue weighted by atomic mass is 10.1. The smallest absolute Gasteiger partial charge is 0.348 e. The average molecular weight is 372 g/mol. The molecule has 1 heterocycles. The molecule has 0 saturated heterocycles. The molecule has 122 valence electrons. The number of carbonyl (C=O) groups excluding carboxylic acids is 2. The summed E-state index contributed by atoms with van der Waals surface area (Å²) in [6.45, 7) is 3.37. The minimum Gasteiger partial charge on any atom is -0.451 e. The van der Waals surface area contributed by atoms with Crippen LogP contribution >= 0.6 is 34.5 Å². The fraction of sp³-hybridized carbons (Fsp3) is 0.250. The van der Waals surface area contributed by atoms with Gasteiger partial charge in [0.15, 0.2) is 6.61 Å². The molecule has 1 aromatic heterocycles. The molecule has 0 aliphatic carbocycles. The predicted octanol–water partition coefficient (Wildman–Crippen LogP) is 4.40. The van der Waals surface area contributed by atoms with Gasteiger partial charge in [-0.25, -0.2) is 4.79 Å². The lowest BCUT2D eigenvalue weighted by Crippen LogP contribution is -2.31. The van der Waals surface area contributed by atoms with E-state index >= 15 is 0 Å². The van der Waals surface area contributed by atoms with Gasteiger partial charge in [-0.3, -0.25) is 4.79 Å². The number of benzene rings is 1. The number of halogens is 2. The Balaban J connectivity index is 1.86. The maximum absolute atomic E-state index is 11.9. The summed E-state index contributed by atoms with van der Waals surface area (Å²) in [5, 5.41) is 3.61. The van der Waals surface area contributed by atoms with Crippen molar-refractivity contribution in [3.05, 3.63) is 55.7 Å². The largest absolute Gasteiger partial charge is 0.451 e. The van der Waals surface area contributed by atoms with Gasteiger partial charge in [-0.15, -0.1) is 11.3 Å². The Morgan fingerprint density at radius 2 is 1.96 bits per heavy atom. The summed E-state index contributed by atoms with van der Waals surface area (Å²) < 4.78 is 5.00. The van der Waals surface area contributed by atoms with Crippen LogP contribution in [-0.2, 0) is 9.53 Å². The van der Waals surface area contributed by atoms with Crippen LogP contribution in [0.15, 0.2) is 30.3 Å². The number of nitrogens with one attached hydrogen (secondary N) is 1. The van der Waals surface area contributed by atoms with E-state index in [9.17, 15) is 9.59 Å². The van der Waals surface area contributed by atoms with Crippen LogP contribution in [0.3, 0.4) is 0 Å². The molecule has 0 bridgehead atoms. The summed E-state index contributed by atoms with van der Waals surface area (Å²) in [6, 6.07) is 8.36. The highest BCUT2D eigenvalue weighted by molar-refractivity contribution is 7.13. The molecule has 1 unspecified atom stereocenters. The third kappa shape index (κ3) is 4.96. The van der Waals surface area contributed by atoms with E-state index in [0.717, 1.165) is 10.4 Å². The number of rotatable bonds is 5. The monoisotopic (exact) mass is 371 g/mol. The summed E-state index contributed by atoms with van der Waals surface area (Å²) in [4.78, 5) is 25.1. The number of hydrogen-bond acceptors (Lipinski definition) is 4. The second kappa shape index (κ2) is 7.81. The molecule has 0 spiro atoms. The number of hydrogen-bond donors (Lipinski definition) is 1. The van der Waals surface area contributed by atoms with E-state index in [1.807, 2.05) is 19.9 Å². The SMILES string of the molecule is Cc1ccc(C(=O)OCC(=O)NC(C)c2ccc(Cl)c(Cl)c2)s1. The zero-order valence-corrected chi connectivity index (χ0v) is 14.9. The minimum absolute atomic E-state index is 0.278. The van der Waals surface area contributed by atoms with Gasteiger partial charge in [-0.05, 0) is 43.7 Å². The maximum atomic E-state index is 11.9. The van der Waals surface area contributed by atoms with Gasteiger partial charge in [0.05, 0.1) is 16.1 Å². The van der Waals surface area contributed by atoms with E-state index in [4.69, 9.17) is 27.9 Å². The summed E-state index contributed by atoms with van der Waals surface area (Å²) in [5.41, 5.74) is 0.813. The molecule has 0 radical (unpaired) electrons. The van der Waals surface area contributed by atoms with E-state index in [1.165, 1.54) is 11.3 Å². The van der Waals surface area contributed by atoms with E-state index in [-0.39, 0.29) is 18.6 Å². The van der Waals surface area contributed by atoms with Crippen molar-refractivity contribution in [1.29, 1.82) is 0 Å². The number of aryl methyl sites for hydroxylation is 1. The molecule has 1 N–H and O–H groups in total. The van der Waals surface area contributed by atoms with Gasteiger partial charge in [-0.2, -0.15) is 0 Å². The van der Waals surface area contributed by atoms with Gasteiger partial charge in [0, 0.05) is 4.88 Å². The van der Waals surface area contributed by atoms with Crippen LogP contribution in [-0.4, -0.2) is 18.5 Å². The van der Waals surface area contributed by atoms with Crippen molar-refractivity contribution in [2.75, 3.05) is 6.61 Å². The Morgan fingerprint density at radius 1 is 1.22 bits per heavy atom. The Morgan fingerprint density at radius 3 is 2.57 bits per heavy atom. The number of esters is 1. The van der Waals surface area contributed by atoms with Crippen molar-refractivity contribution < 1.29 is 14.3 Å². The van der Waals surface area contributed by atoms with Crippen molar-refractivity contribution in [3.8, 4) is 0 Å². The standard InChI is InChI=1S/C16H15Cl2NO3S/c1-9-3-6-14(23-9)16(21)22-8-15(20)19-10(2)11-4-5-12(17)13(18)7-11/h3-7,10H,8H2,1-2H3,(H,19,20). The molecule has 2 rings (SSSR count). The molecule has 23 heavy (non-hydrogen) atoms. The van der Waals surface area contributed by atoms with E-state index in [2.05, 4.69) is 5.32 Å². The number of ether oxygens (including phenoxy) is 1. The highest BCUT2D eigenvalue weighted by Gasteiger charge is 2.14. The van der Waals surface area contributed by atoms with E-state index in [0.29, 0.717) is 14.9 Å². The molecule has 1 atom stereocenters. The molecular weight excluding hydrogens is 357 g/mol. The Hall–Kier alpha value is -1.56. The normalized spacial score (nSPS) is 11.8. The molecule has 0 fully saturated rings. The molecule has 0 aliphatic rings. The molecule has 1 amide bonds. The van der Waals surface area contributed by atoms with Crippen molar-refractivity contribution in [1.82, 2.24) is 5.32 Å². The highest BCUT2D eigenvalue weighted by atomic mass is 35.5. The lowest BCUT2D eigenvalue weighted by Gasteiger charge is -2.15. The minimum atomic E-state index is -0.500. The molecule has 4 nitrogen and oxygen atoms in total. The molecule has 7 heteroatoms. The predicted molar refractivity (Wildman–Crippen MR) is 92.4 cm³/mol. The van der Waals surface area contributed by atoms with Crippen molar-refractivity contribution >= 4 is 46.4 Å². The van der Waals surface area contributed by atoms with Crippen LogP contribution in [0.25, 0.3) is 0 Å². The van der Waals surface area contributed by atoms with E-state index in [1.54, 1.807) is 24.3 Å². The van der Waals surface area contributed by atoms with Crippen molar-refractivity contribution in [2.45, 2.75) is 19.9 Å². The summed E-state index contributed by atoms with van der Waals surface area (Å²) in [7, 11) is 0. The van der Waals surface area contributed by atoms with Crippen LogP contribution in [0.1, 0.15) is 33.1 Å². The lowest BCUT2D eigenvalue weighted by molar-refractivity contribution is -0.124. The summed E-state index contributed by atoms with van der Waals surface area (Å²) >= 11 is 13.1. The molecule has 1 aromatic carbocycles. The fourth-order valence-corrected chi connectivity index (χ4v) is 2.96. The maximum Gasteiger partial charge on any atom is 0.348 e. The molecule has 2 aromatic rings. The zero-order chi connectivity index (χ0) is 17.0. The summed E-state index contributed by atoms with van der Waals surface area (Å²) in [5.74, 6) is -0.884. The first kappa shape index (κ1) is 17.8. The Bertz CT molecular complexity index is 730. The van der Waals surface area contributed by atoms with Crippen LogP contribution in [0.2, 0.25) is 10.0 Å². The number of amides is 1. The van der Waals surface area contributed by atoms with Crippen LogP contribution in [0.4, 0.5) is 0 Å². The number of carbonyl (C=O) groups is 2. The van der Waals surface area contributed by atoms with Crippen LogP contribution < -0.4 is 5.32 Å². The fourth-order valence-electron chi connectivity index (χ4n) is 1.89. The first-order valence-corrected chi connectivity index (χ1v) is 8.42. The third-order valence-electron chi connectivity index (χ3n) is 3.10. The summed E-state index contributed by atoms with van der Waals surface area (Å²) in [6.07, 6.45) is 0. The zero-order valence-electron chi connectivity index (χ0n) is 12.6. The van der Waals surface area contributed by atoms with Gasteiger partial charge in [-0.1, -0.05) is 29.3 Å². The Kier molecular flexibility index (Phi) is 6.04. The van der Waals surface area contributed by atoms with Gasteiger partial charge < -0.3 is 10.1 Å². The second-order valence-corrected chi connectivity index (χ2v) is 7.05. The first-order chi connectivity index (χ1) is 10.9. The van der Waals surface area contributed by atoms with Gasteiger partial charge in [0.1, 0.15) is 4.88 Å². The Labute approximate surface area is 148 Å². The van der Waals surface area contributed by atoms with Crippen LogP contribution in [0, 0.1) is 6.92 Å². The second-order valence-electron chi connectivity index (χ2n) is 4.95. The first-order valence-electron chi connectivity index (χ1n) is 6.84.